The number of hydrogen-bond acceptors (Lipinski definition) is 2. The lowest BCUT2D eigenvalue weighted by atomic mass is 9.97. The van der Waals surface area contributed by atoms with Crippen molar-refractivity contribution >= 4 is 10.8 Å². The Morgan fingerprint density at radius 3 is 2.12 bits per heavy atom. The second-order valence-corrected chi connectivity index (χ2v) is 7.69. The molecular formula is C24H15F7O2. The van der Waals surface area contributed by atoms with Crippen molar-refractivity contribution in [2.24, 2.45) is 5.92 Å². The number of halogens is 7. The van der Waals surface area contributed by atoms with Crippen LogP contribution in [-0.4, -0.2) is 19.4 Å². The molecule has 1 fully saturated rings. The Hall–Kier alpha value is -3.09. The topological polar surface area (TPSA) is 18.5 Å². The van der Waals surface area contributed by atoms with Crippen molar-refractivity contribution in [3.8, 4) is 23.0 Å². The smallest absolute Gasteiger partial charge is 0.348 e. The molecule has 3 aromatic rings. The van der Waals surface area contributed by atoms with Gasteiger partial charge >= 0.3 is 6.18 Å². The number of fused-ring (bicyclic) bond motifs is 1. The molecule has 33 heavy (non-hydrogen) atoms. The van der Waals surface area contributed by atoms with Crippen molar-refractivity contribution in [1.82, 2.24) is 0 Å². The molecule has 1 saturated heterocycles. The molecule has 4 rings (SSSR count). The summed E-state index contributed by atoms with van der Waals surface area (Å²) in [5.74, 6) is -2.09. The quantitative estimate of drug-likeness (QED) is 0.309. The molecule has 1 heterocycles. The third-order valence-corrected chi connectivity index (χ3v) is 5.05. The lowest BCUT2D eigenvalue weighted by Crippen LogP contribution is -2.25. The van der Waals surface area contributed by atoms with Crippen LogP contribution in [0.15, 0.2) is 36.4 Å². The van der Waals surface area contributed by atoms with Crippen LogP contribution in [0.25, 0.3) is 21.9 Å². The molecule has 9 heteroatoms. The van der Waals surface area contributed by atoms with Crippen LogP contribution in [0.1, 0.15) is 24.3 Å². The van der Waals surface area contributed by atoms with E-state index in [0.717, 1.165) is 36.3 Å². The summed E-state index contributed by atoms with van der Waals surface area (Å²) in [6.45, 7) is 2.64. The van der Waals surface area contributed by atoms with Gasteiger partial charge in [-0.15, -0.1) is 0 Å². The largest absolute Gasteiger partial charge is 0.458 e. The molecule has 0 atom stereocenters. The van der Waals surface area contributed by atoms with E-state index in [-0.39, 0.29) is 27.8 Å². The van der Waals surface area contributed by atoms with Crippen LogP contribution in [0.3, 0.4) is 0 Å². The maximum Gasteiger partial charge on any atom is 0.458 e. The Kier molecular flexibility index (Phi) is 6.08. The summed E-state index contributed by atoms with van der Waals surface area (Å²) in [5.41, 5.74) is -1.36. The van der Waals surface area contributed by atoms with E-state index in [0.29, 0.717) is 13.2 Å². The highest BCUT2D eigenvalue weighted by Crippen LogP contribution is 2.34. The highest BCUT2D eigenvalue weighted by Gasteiger charge is 2.25. The van der Waals surface area contributed by atoms with Gasteiger partial charge in [0.25, 0.3) is 0 Å². The van der Waals surface area contributed by atoms with Gasteiger partial charge in [0, 0.05) is 22.8 Å². The van der Waals surface area contributed by atoms with E-state index in [4.69, 9.17) is 9.47 Å². The molecule has 172 valence electrons. The normalized spacial score (nSPS) is 18.8. The lowest BCUT2D eigenvalue weighted by Gasteiger charge is -2.27. The molecule has 2 nitrogen and oxygen atoms in total. The van der Waals surface area contributed by atoms with Crippen LogP contribution in [-0.2, 0) is 9.47 Å². The first-order valence-corrected chi connectivity index (χ1v) is 9.77. The summed E-state index contributed by atoms with van der Waals surface area (Å²) in [6.07, 6.45) is -5.85. The molecule has 0 saturated carbocycles. The minimum Gasteiger partial charge on any atom is -0.348 e. The van der Waals surface area contributed by atoms with Gasteiger partial charge in [-0.1, -0.05) is 25.0 Å². The van der Waals surface area contributed by atoms with Crippen LogP contribution in [0.4, 0.5) is 30.7 Å². The maximum absolute atomic E-state index is 14.8. The first kappa shape index (κ1) is 23.1. The molecule has 0 aromatic heterocycles. The van der Waals surface area contributed by atoms with Gasteiger partial charge in [-0.2, -0.15) is 13.2 Å². The molecule has 0 radical (unpaired) electrons. The minimum absolute atomic E-state index is 0.0175. The third kappa shape index (κ3) is 4.82. The van der Waals surface area contributed by atoms with Gasteiger partial charge in [0.15, 0.2) is 6.29 Å². The summed E-state index contributed by atoms with van der Waals surface area (Å²) in [4.78, 5) is 0. The van der Waals surface area contributed by atoms with Gasteiger partial charge in [0.1, 0.15) is 23.3 Å². The standard InChI is InChI=1S/C24H15F7O2/c1-12-10-32-23(33-11-12)15-8-19(26)21(20(27)9-15)13-2-3-16-14(6-13)7-18(25)17(22(16)28)4-5-24(29,30)31/h2-3,6-9,12,23H,10-11H2,1H3. The number of ether oxygens (including phenoxy) is 2. The lowest BCUT2D eigenvalue weighted by molar-refractivity contribution is -0.202. The molecule has 1 aliphatic rings. The molecule has 0 aliphatic carbocycles. The molecule has 3 aromatic carbocycles. The second-order valence-electron chi connectivity index (χ2n) is 7.69. The van der Waals surface area contributed by atoms with E-state index < -0.39 is 46.9 Å². The highest BCUT2D eigenvalue weighted by molar-refractivity contribution is 5.89. The van der Waals surface area contributed by atoms with Crippen molar-refractivity contribution in [1.29, 1.82) is 0 Å². The van der Waals surface area contributed by atoms with Gasteiger partial charge in [0.05, 0.1) is 24.3 Å². The monoisotopic (exact) mass is 468 g/mol. The predicted octanol–water partition coefficient (Wildman–Crippen LogP) is 6.66. The van der Waals surface area contributed by atoms with Crippen LogP contribution >= 0.6 is 0 Å². The average molecular weight is 468 g/mol. The van der Waals surface area contributed by atoms with Crippen molar-refractivity contribution in [3.05, 3.63) is 70.8 Å². The molecule has 0 bridgehead atoms. The maximum atomic E-state index is 14.8. The van der Waals surface area contributed by atoms with Crippen LogP contribution in [0.5, 0.6) is 0 Å². The van der Waals surface area contributed by atoms with E-state index in [2.05, 4.69) is 0 Å². The van der Waals surface area contributed by atoms with Crippen molar-refractivity contribution < 1.29 is 40.2 Å². The van der Waals surface area contributed by atoms with Crippen molar-refractivity contribution in [2.75, 3.05) is 13.2 Å². The fourth-order valence-corrected chi connectivity index (χ4v) is 3.53. The average Bonchev–Trinajstić information content (AvgIpc) is 2.72. The minimum atomic E-state index is -4.93. The molecule has 1 aliphatic heterocycles. The fourth-order valence-electron chi connectivity index (χ4n) is 3.53. The highest BCUT2D eigenvalue weighted by atomic mass is 19.4. The van der Waals surface area contributed by atoms with E-state index >= 15 is 0 Å². The van der Waals surface area contributed by atoms with E-state index in [1.165, 1.54) is 12.0 Å². The van der Waals surface area contributed by atoms with Gasteiger partial charge in [0.2, 0.25) is 0 Å². The van der Waals surface area contributed by atoms with Gasteiger partial charge in [-0.3, -0.25) is 0 Å². The number of alkyl halides is 3. The first-order valence-electron chi connectivity index (χ1n) is 9.77. The van der Waals surface area contributed by atoms with Crippen LogP contribution in [0.2, 0.25) is 0 Å². The first-order chi connectivity index (χ1) is 15.5. The summed E-state index contributed by atoms with van der Waals surface area (Å²) in [7, 11) is 0. The third-order valence-electron chi connectivity index (χ3n) is 5.05. The van der Waals surface area contributed by atoms with Gasteiger partial charge in [-0.05, 0) is 35.2 Å². The molecule has 0 spiro atoms. The summed E-state index contributed by atoms with van der Waals surface area (Å²) in [5, 5.41) is -0.349. The summed E-state index contributed by atoms with van der Waals surface area (Å²) >= 11 is 0. The zero-order chi connectivity index (χ0) is 23.9. The van der Waals surface area contributed by atoms with Crippen molar-refractivity contribution in [2.45, 2.75) is 19.4 Å². The predicted molar refractivity (Wildman–Crippen MR) is 106 cm³/mol. The molecule has 0 unspecified atom stereocenters. The Balaban J connectivity index is 1.74. The van der Waals surface area contributed by atoms with Crippen LogP contribution in [0, 0.1) is 41.0 Å². The summed E-state index contributed by atoms with van der Waals surface area (Å²) < 4.78 is 106. The Labute approximate surface area is 183 Å². The van der Waals surface area contributed by atoms with E-state index in [1.54, 1.807) is 0 Å². The van der Waals surface area contributed by atoms with Gasteiger partial charge < -0.3 is 9.47 Å². The van der Waals surface area contributed by atoms with E-state index in [1.807, 2.05) is 6.92 Å². The SMILES string of the molecule is CC1COC(c2cc(F)c(-c3ccc4c(F)c(C#CC(F)(F)F)c(F)cc4c3)c(F)c2)OC1. The Morgan fingerprint density at radius 1 is 0.879 bits per heavy atom. The number of rotatable bonds is 2. The van der Waals surface area contributed by atoms with Gasteiger partial charge in [-0.25, -0.2) is 17.6 Å². The zero-order valence-corrected chi connectivity index (χ0v) is 17.0. The fraction of sp³-hybridized carbons (Fsp3) is 0.250. The molecule has 0 N–H and O–H groups in total. The summed E-state index contributed by atoms with van der Waals surface area (Å²) in [6, 6.07) is 6.29. The number of benzene rings is 3. The number of hydrogen-bond donors (Lipinski definition) is 0. The zero-order valence-electron chi connectivity index (χ0n) is 17.0. The molecule has 0 amide bonds. The second kappa shape index (κ2) is 8.69. The van der Waals surface area contributed by atoms with Crippen LogP contribution < -0.4 is 0 Å². The Bertz CT molecular complexity index is 1260. The Morgan fingerprint density at radius 2 is 1.52 bits per heavy atom. The van der Waals surface area contributed by atoms with Crippen molar-refractivity contribution in [3.63, 3.8) is 0 Å². The van der Waals surface area contributed by atoms with E-state index in [9.17, 15) is 30.7 Å². The molecular weight excluding hydrogens is 453 g/mol.